The van der Waals surface area contributed by atoms with Crippen LogP contribution in [-0.4, -0.2) is 114 Å². The number of ketones is 2. The van der Waals surface area contributed by atoms with Gasteiger partial charge in [0, 0.05) is 103 Å². The van der Waals surface area contributed by atoms with E-state index in [2.05, 4.69) is 10.6 Å². The van der Waals surface area contributed by atoms with Crippen LogP contribution in [0.15, 0.2) is 127 Å². The molecule has 6 aromatic carbocycles. The van der Waals surface area contributed by atoms with Gasteiger partial charge in [-0.05, 0) is 93.3 Å². The Kier molecular flexibility index (Phi) is 22.1. The van der Waals surface area contributed by atoms with E-state index in [1.807, 2.05) is 23.6 Å². The Morgan fingerprint density at radius 2 is 0.976 bits per heavy atom. The highest BCUT2D eigenvalue weighted by Crippen LogP contribution is 2.50. The number of aryl methyl sites for hydroxylation is 2. The normalized spacial score (nSPS) is 14.3. The molecule has 1 heterocycles. The molecule has 3 unspecified atom stereocenters. The van der Waals surface area contributed by atoms with Crippen molar-refractivity contribution in [3.8, 4) is 0 Å². The van der Waals surface area contributed by atoms with Crippen molar-refractivity contribution in [2.45, 2.75) is 112 Å². The number of piperazine rings is 1. The molecule has 0 aromatic heterocycles. The number of β-amino-alcohol motifs (C(OH)–C–C–N with tert-alkyl or cyclic N) is 1. The first-order valence-corrected chi connectivity index (χ1v) is 32.2. The minimum absolute atomic E-state index is 0.0367. The average Bonchev–Trinajstić information content (AvgIpc) is 1.87. The minimum Gasteiger partial charge on any atom is -0.387 e. The summed E-state index contributed by atoms with van der Waals surface area (Å²) in [5, 5.41) is 19.9. The van der Waals surface area contributed by atoms with Gasteiger partial charge in [-0.2, -0.15) is 0 Å². The molecule has 6 aromatic rings. The highest BCUT2D eigenvalue weighted by molar-refractivity contribution is 7.94. The zero-order valence-electron chi connectivity index (χ0n) is 49.5. The van der Waals surface area contributed by atoms with E-state index in [4.69, 9.17) is 4.74 Å². The molecule has 1 fully saturated rings. The first kappa shape index (κ1) is 63.8. The molecule has 0 aliphatic carbocycles. The Hall–Kier alpha value is -6.76. The van der Waals surface area contributed by atoms with Crippen molar-refractivity contribution in [2.75, 3.05) is 52.9 Å². The Balaban J connectivity index is 1.21. The van der Waals surface area contributed by atoms with E-state index in [1.165, 1.54) is 7.11 Å². The first-order valence-electron chi connectivity index (χ1n) is 28.8. The molecule has 7 rings (SSSR count). The Labute approximate surface area is 489 Å². The van der Waals surface area contributed by atoms with Crippen molar-refractivity contribution in [2.24, 2.45) is 0 Å². The van der Waals surface area contributed by atoms with Crippen molar-refractivity contribution in [1.29, 1.82) is 0 Å². The van der Waals surface area contributed by atoms with E-state index in [0.717, 1.165) is 25.7 Å². The molecule has 438 valence electrons. The van der Waals surface area contributed by atoms with E-state index in [9.17, 15) is 29.1 Å². The number of nitrogens with zero attached hydrogens (tertiary/aromatic N) is 2. The number of ether oxygens (including phenoxy) is 1. The molecular formula is C67H80N4O10P2. The molecule has 0 spiro atoms. The summed E-state index contributed by atoms with van der Waals surface area (Å²) in [6.45, 7) is 16.6. The summed E-state index contributed by atoms with van der Waals surface area (Å²) in [6.07, 6.45) is 0.165. The molecule has 0 radical (unpaired) electrons. The fourth-order valence-electron chi connectivity index (χ4n) is 11.9. The number of amides is 2. The van der Waals surface area contributed by atoms with Gasteiger partial charge in [0.15, 0.2) is 11.6 Å². The standard InChI is InChI=1S/C67H80N4O10P2/c1-10-12-34-68-58(74)42-57(81-9)64(75)62-47(6)61(48(7)63(49(62)8)67(78)83(80,52-30-22-16-23-31-52)53-32-24-17-25-33-53)56(73)43-70-36-38-71(39-37-70)54(65(76)69-35-13-11-2)41-55(72)59-44(3)40-45(4)60(46(59)5)66(77)82(79,50-26-18-14-19-27-50)51-28-20-15-21-29-51/h14-33,40,54,56-57,73H,10-13,34-39,41-43H2,1-9H3,(H,68,74)(H,69,76). The maximum atomic E-state index is 15.8. The summed E-state index contributed by atoms with van der Waals surface area (Å²) in [7, 11) is -6.74. The van der Waals surface area contributed by atoms with Crippen LogP contribution in [-0.2, 0) is 23.5 Å². The summed E-state index contributed by atoms with van der Waals surface area (Å²) in [5.74, 6) is -1.59. The van der Waals surface area contributed by atoms with E-state index >= 15 is 13.9 Å². The van der Waals surface area contributed by atoms with Gasteiger partial charge in [0.1, 0.15) is 6.10 Å². The predicted molar refractivity (Wildman–Crippen MR) is 331 cm³/mol. The van der Waals surface area contributed by atoms with Crippen LogP contribution in [0, 0.1) is 41.5 Å². The Bertz CT molecular complexity index is 3330. The number of unbranched alkanes of at least 4 members (excludes halogenated alkanes) is 2. The second kappa shape index (κ2) is 28.7. The highest BCUT2D eigenvalue weighted by Gasteiger charge is 2.43. The summed E-state index contributed by atoms with van der Waals surface area (Å²) in [4.78, 5) is 91.9. The van der Waals surface area contributed by atoms with Crippen LogP contribution in [0.3, 0.4) is 0 Å². The molecule has 0 bridgehead atoms. The van der Waals surface area contributed by atoms with Crippen LogP contribution in [0.5, 0.6) is 0 Å². The van der Waals surface area contributed by atoms with Gasteiger partial charge < -0.3 is 29.6 Å². The number of Topliss-reactive ketones (excluding diaryl/α,β-unsaturated/α-hetero) is 2. The molecule has 14 nitrogen and oxygen atoms in total. The first-order chi connectivity index (χ1) is 39.7. The van der Waals surface area contributed by atoms with Gasteiger partial charge in [0.25, 0.3) is 0 Å². The lowest BCUT2D eigenvalue weighted by molar-refractivity contribution is -0.127. The number of nitrogens with one attached hydrogen (secondary N) is 2. The van der Waals surface area contributed by atoms with Gasteiger partial charge in [-0.3, -0.25) is 38.6 Å². The number of rotatable bonds is 27. The summed E-state index contributed by atoms with van der Waals surface area (Å²) in [6, 6.07) is 35.3. The molecule has 83 heavy (non-hydrogen) atoms. The molecule has 16 heteroatoms. The van der Waals surface area contributed by atoms with Crippen LogP contribution in [0.2, 0.25) is 0 Å². The summed E-state index contributed by atoms with van der Waals surface area (Å²) in [5.41, 5.74) is 2.31. The molecule has 1 aliphatic rings. The SMILES string of the molecule is CCCCNC(=O)CC(OC)C(=O)c1c(C)c(C(=O)P(=O)(c2ccccc2)c2ccccc2)c(C)c(C(O)CN2CCN(C(CC(=O)c3c(C)cc(C)c(C(=O)P(=O)(c4ccccc4)c4ccccc4)c3C)C(=O)NCCCC)CC2)c1C. The van der Waals surface area contributed by atoms with E-state index in [-0.39, 0.29) is 59.2 Å². The van der Waals surface area contributed by atoms with Crippen LogP contribution in [0.4, 0.5) is 0 Å². The molecule has 1 aliphatic heterocycles. The fourth-order valence-corrected chi connectivity index (χ4v) is 17.1. The highest BCUT2D eigenvalue weighted by atomic mass is 31.2. The Morgan fingerprint density at radius 3 is 1.43 bits per heavy atom. The molecule has 0 saturated carbocycles. The minimum atomic E-state index is -4.15. The lowest BCUT2D eigenvalue weighted by Crippen LogP contribution is -2.56. The number of hydrogen-bond acceptors (Lipinski definition) is 12. The van der Waals surface area contributed by atoms with E-state index in [1.54, 1.807) is 169 Å². The summed E-state index contributed by atoms with van der Waals surface area (Å²) < 4.78 is 36.8. The topological polar surface area (TPSA) is 197 Å². The van der Waals surface area contributed by atoms with Crippen molar-refractivity contribution < 1.29 is 47.7 Å². The largest absolute Gasteiger partial charge is 0.387 e. The molecule has 3 N–H and O–H groups in total. The molecule has 1 saturated heterocycles. The van der Waals surface area contributed by atoms with Crippen molar-refractivity contribution in [3.63, 3.8) is 0 Å². The molecule has 2 amide bonds. The second-order valence-corrected chi connectivity index (χ2v) is 27.0. The van der Waals surface area contributed by atoms with Gasteiger partial charge in [-0.1, -0.05) is 154 Å². The summed E-state index contributed by atoms with van der Waals surface area (Å²) >= 11 is 0. The van der Waals surface area contributed by atoms with Crippen molar-refractivity contribution in [3.05, 3.63) is 189 Å². The third-order valence-electron chi connectivity index (χ3n) is 16.2. The lowest BCUT2D eigenvalue weighted by Gasteiger charge is -2.39. The number of hydrogen-bond donors (Lipinski definition) is 3. The monoisotopic (exact) mass is 1160 g/mol. The maximum Gasteiger partial charge on any atom is 0.237 e. The zero-order chi connectivity index (χ0) is 60.2. The number of carbonyl (C=O) groups is 6. The van der Waals surface area contributed by atoms with Crippen LogP contribution in [0.25, 0.3) is 0 Å². The average molecular weight is 1160 g/mol. The lowest BCUT2D eigenvalue weighted by atomic mass is 9.83. The number of aliphatic hydroxyl groups excluding tert-OH is 1. The van der Waals surface area contributed by atoms with Crippen LogP contribution < -0.4 is 31.9 Å². The second-order valence-electron chi connectivity index (χ2n) is 21.7. The third-order valence-corrected chi connectivity index (χ3v) is 21.9. The van der Waals surface area contributed by atoms with Crippen LogP contribution in [0.1, 0.15) is 139 Å². The van der Waals surface area contributed by atoms with Crippen LogP contribution >= 0.6 is 14.3 Å². The third kappa shape index (κ3) is 13.8. The van der Waals surface area contributed by atoms with Gasteiger partial charge in [0.2, 0.25) is 37.1 Å². The van der Waals surface area contributed by atoms with E-state index < -0.39 is 49.4 Å². The number of methoxy groups -OCH3 is 1. The van der Waals surface area contributed by atoms with Gasteiger partial charge in [0.05, 0.1) is 18.6 Å². The Morgan fingerprint density at radius 1 is 0.554 bits per heavy atom. The zero-order valence-corrected chi connectivity index (χ0v) is 51.2. The molecule has 3 atom stereocenters. The quantitative estimate of drug-likeness (QED) is 0.0251. The smallest absolute Gasteiger partial charge is 0.237 e. The van der Waals surface area contributed by atoms with Gasteiger partial charge >= 0.3 is 0 Å². The molecular weight excluding hydrogens is 1080 g/mol. The van der Waals surface area contributed by atoms with Gasteiger partial charge in [-0.25, -0.2) is 0 Å². The van der Waals surface area contributed by atoms with Crippen molar-refractivity contribution >= 4 is 69.9 Å². The number of aliphatic hydroxyl groups is 1. The fraction of sp³-hybridized carbons (Fsp3) is 0.373. The maximum absolute atomic E-state index is 15.8. The van der Waals surface area contributed by atoms with E-state index in [0.29, 0.717) is 99.4 Å². The number of benzene rings is 6. The number of carbonyl (C=O) groups excluding carboxylic acids is 6. The van der Waals surface area contributed by atoms with Crippen molar-refractivity contribution in [1.82, 2.24) is 20.4 Å². The van der Waals surface area contributed by atoms with Gasteiger partial charge in [-0.15, -0.1) is 0 Å². The predicted octanol–water partition coefficient (Wildman–Crippen LogP) is 9.56.